The molecule has 0 saturated carbocycles. The SMILES string of the molecule is COCc1ccc(CNC(=O)C2CCN(CC(=O)c3ccc(F)cc3)CC2)cn1. The Morgan fingerprint density at radius 2 is 1.90 bits per heavy atom. The summed E-state index contributed by atoms with van der Waals surface area (Å²) in [5.74, 6) is -0.393. The molecule has 29 heavy (non-hydrogen) atoms. The molecule has 1 fully saturated rings. The standard InChI is InChI=1S/C22H26FN3O3/c1-29-15-20-7-2-16(12-24-20)13-25-22(28)18-8-10-26(11-9-18)14-21(27)17-3-5-19(23)6-4-17/h2-7,12,18H,8-11,13-15H2,1H3,(H,25,28). The molecule has 0 radical (unpaired) electrons. The fourth-order valence-corrected chi connectivity index (χ4v) is 3.41. The lowest BCUT2D eigenvalue weighted by molar-refractivity contribution is -0.126. The summed E-state index contributed by atoms with van der Waals surface area (Å²) in [5.41, 5.74) is 2.31. The zero-order valence-corrected chi connectivity index (χ0v) is 16.6. The Kier molecular flexibility index (Phi) is 7.43. The number of halogens is 1. The van der Waals surface area contributed by atoms with Crippen molar-refractivity contribution in [2.75, 3.05) is 26.7 Å². The molecular formula is C22H26FN3O3. The molecule has 1 amide bonds. The summed E-state index contributed by atoms with van der Waals surface area (Å²) in [7, 11) is 1.62. The minimum Gasteiger partial charge on any atom is -0.378 e. The fraction of sp³-hybridized carbons (Fsp3) is 0.409. The van der Waals surface area contributed by atoms with Gasteiger partial charge in [0.25, 0.3) is 0 Å². The summed E-state index contributed by atoms with van der Waals surface area (Å²) in [6.45, 7) is 2.59. The van der Waals surface area contributed by atoms with Gasteiger partial charge in [0.15, 0.2) is 5.78 Å². The van der Waals surface area contributed by atoms with Crippen LogP contribution in [0, 0.1) is 11.7 Å². The number of hydrogen-bond acceptors (Lipinski definition) is 5. The van der Waals surface area contributed by atoms with Crippen molar-refractivity contribution < 1.29 is 18.7 Å². The van der Waals surface area contributed by atoms with Gasteiger partial charge in [-0.25, -0.2) is 4.39 Å². The molecule has 3 rings (SSSR count). The third-order valence-electron chi connectivity index (χ3n) is 5.14. The van der Waals surface area contributed by atoms with Crippen molar-refractivity contribution >= 4 is 11.7 Å². The Bertz CT molecular complexity index is 816. The fourth-order valence-electron chi connectivity index (χ4n) is 3.41. The van der Waals surface area contributed by atoms with Gasteiger partial charge in [0.05, 0.1) is 18.8 Å². The molecule has 0 bridgehead atoms. The quantitative estimate of drug-likeness (QED) is 0.691. The summed E-state index contributed by atoms with van der Waals surface area (Å²) in [5, 5.41) is 2.98. The van der Waals surface area contributed by atoms with Crippen LogP contribution in [-0.4, -0.2) is 48.3 Å². The monoisotopic (exact) mass is 399 g/mol. The van der Waals surface area contributed by atoms with E-state index in [1.807, 2.05) is 17.0 Å². The summed E-state index contributed by atoms with van der Waals surface area (Å²) < 4.78 is 18.0. The minimum absolute atomic E-state index is 0.0303. The number of rotatable bonds is 8. The maximum absolute atomic E-state index is 13.0. The van der Waals surface area contributed by atoms with E-state index in [0.717, 1.165) is 11.3 Å². The number of nitrogens with one attached hydrogen (secondary N) is 1. The first-order valence-corrected chi connectivity index (χ1v) is 9.76. The van der Waals surface area contributed by atoms with E-state index in [4.69, 9.17) is 4.74 Å². The largest absolute Gasteiger partial charge is 0.378 e. The number of piperidine rings is 1. The van der Waals surface area contributed by atoms with E-state index in [1.54, 1.807) is 13.3 Å². The van der Waals surface area contributed by atoms with Crippen molar-refractivity contribution in [3.63, 3.8) is 0 Å². The molecule has 1 aromatic heterocycles. The van der Waals surface area contributed by atoms with E-state index in [9.17, 15) is 14.0 Å². The third kappa shape index (κ3) is 6.17. The van der Waals surface area contributed by atoms with Crippen LogP contribution in [0.15, 0.2) is 42.6 Å². The number of ketones is 1. The number of carbonyl (C=O) groups excluding carboxylic acids is 2. The lowest BCUT2D eigenvalue weighted by Gasteiger charge is -2.30. The maximum atomic E-state index is 13.0. The Balaban J connectivity index is 1.40. The topological polar surface area (TPSA) is 71.5 Å². The molecule has 2 aromatic rings. The highest BCUT2D eigenvalue weighted by molar-refractivity contribution is 5.97. The number of Topliss-reactive ketones (excluding diaryl/α,β-unsaturated/α-hetero) is 1. The van der Waals surface area contributed by atoms with Crippen LogP contribution in [0.1, 0.15) is 34.5 Å². The summed E-state index contributed by atoms with van der Waals surface area (Å²) in [6, 6.07) is 9.44. The van der Waals surface area contributed by atoms with E-state index >= 15 is 0 Å². The average Bonchev–Trinajstić information content (AvgIpc) is 2.74. The van der Waals surface area contributed by atoms with Gasteiger partial charge in [-0.1, -0.05) is 6.07 Å². The highest BCUT2D eigenvalue weighted by Gasteiger charge is 2.26. The van der Waals surface area contributed by atoms with Gasteiger partial charge in [0.1, 0.15) is 5.82 Å². The van der Waals surface area contributed by atoms with Crippen molar-refractivity contribution in [1.29, 1.82) is 0 Å². The van der Waals surface area contributed by atoms with Crippen LogP contribution in [0.25, 0.3) is 0 Å². The number of amides is 1. The van der Waals surface area contributed by atoms with Gasteiger partial charge in [-0.2, -0.15) is 0 Å². The Hall–Kier alpha value is -2.64. The Morgan fingerprint density at radius 3 is 2.52 bits per heavy atom. The molecule has 0 atom stereocenters. The van der Waals surface area contributed by atoms with Crippen LogP contribution >= 0.6 is 0 Å². The molecule has 1 aromatic carbocycles. The molecular weight excluding hydrogens is 373 g/mol. The van der Waals surface area contributed by atoms with Gasteiger partial charge in [-0.3, -0.25) is 19.5 Å². The number of benzene rings is 1. The van der Waals surface area contributed by atoms with Gasteiger partial charge in [-0.15, -0.1) is 0 Å². The second-order valence-corrected chi connectivity index (χ2v) is 7.29. The molecule has 1 N–H and O–H groups in total. The van der Waals surface area contributed by atoms with Gasteiger partial charge < -0.3 is 10.1 Å². The molecule has 1 saturated heterocycles. The number of aromatic nitrogens is 1. The van der Waals surface area contributed by atoms with E-state index in [2.05, 4.69) is 10.3 Å². The van der Waals surface area contributed by atoms with Gasteiger partial charge in [0.2, 0.25) is 5.91 Å². The third-order valence-corrected chi connectivity index (χ3v) is 5.14. The van der Waals surface area contributed by atoms with Gasteiger partial charge in [0, 0.05) is 31.3 Å². The number of carbonyl (C=O) groups is 2. The number of hydrogen-bond donors (Lipinski definition) is 1. The second-order valence-electron chi connectivity index (χ2n) is 7.29. The number of pyridine rings is 1. The number of ether oxygens (including phenoxy) is 1. The molecule has 0 spiro atoms. The molecule has 0 unspecified atom stereocenters. The average molecular weight is 399 g/mol. The predicted molar refractivity (Wildman–Crippen MR) is 107 cm³/mol. The van der Waals surface area contributed by atoms with Gasteiger partial charge >= 0.3 is 0 Å². The second kappa shape index (κ2) is 10.2. The lowest BCUT2D eigenvalue weighted by atomic mass is 9.95. The van der Waals surface area contributed by atoms with Gasteiger partial charge in [-0.05, 0) is 61.8 Å². The highest BCUT2D eigenvalue weighted by atomic mass is 19.1. The summed E-state index contributed by atoms with van der Waals surface area (Å²) in [6.07, 6.45) is 3.18. The minimum atomic E-state index is -0.352. The molecule has 1 aliphatic heterocycles. The van der Waals surface area contributed by atoms with Crippen LogP contribution < -0.4 is 5.32 Å². The van der Waals surface area contributed by atoms with Crippen molar-refractivity contribution in [3.8, 4) is 0 Å². The predicted octanol–water partition coefficient (Wildman–Crippen LogP) is 2.58. The summed E-state index contributed by atoms with van der Waals surface area (Å²) >= 11 is 0. The van der Waals surface area contributed by atoms with Crippen molar-refractivity contribution in [2.45, 2.75) is 26.0 Å². The zero-order chi connectivity index (χ0) is 20.6. The Labute approximate surface area is 170 Å². The first-order valence-electron chi connectivity index (χ1n) is 9.76. The number of nitrogens with zero attached hydrogens (tertiary/aromatic N) is 2. The number of likely N-dealkylation sites (tertiary alicyclic amines) is 1. The molecule has 154 valence electrons. The zero-order valence-electron chi connectivity index (χ0n) is 16.6. The van der Waals surface area contributed by atoms with E-state index < -0.39 is 0 Å². The normalized spacial score (nSPS) is 15.2. The smallest absolute Gasteiger partial charge is 0.223 e. The molecule has 0 aliphatic carbocycles. The first-order chi connectivity index (χ1) is 14.0. The highest BCUT2D eigenvalue weighted by Crippen LogP contribution is 2.18. The molecule has 6 nitrogen and oxygen atoms in total. The first kappa shape index (κ1) is 21.1. The Morgan fingerprint density at radius 1 is 1.17 bits per heavy atom. The lowest BCUT2D eigenvalue weighted by Crippen LogP contribution is -2.42. The number of methoxy groups -OCH3 is 1. The van der Waals surface area contributed by atoms with E-state index in [-0.39, 0.29) is 23.4 Å². The van der Waals surface area contributed by atoms with Crippen molar-refractivity contribution in [1.82, 2.24) is 15.2 Å². The van der Waals surface area contributed by atoms with Crippen LogP contribution in [0.3, 0.4) is 0 Å². The van der Waals surface area contributed by atoms with Crippen molar-refractivity contribution in [3.05, 3.63) is 65.2 Å². The van der Waals surface area contributed by atoms with Crippen LogP contribution in [0.5, 0.6) is 0 Å². The van der Waals surface area contributed by atoms with E-state index in [1.165, 1.54) is 24.3 Å². The maximum Gasteiger partial charge on any atom is 0.223 e. The van der Waals surface area contributed by atoms with E-state index in [0.29, 0.717) is 51.2 Å². The van der Waals surface area contributed by atoms with Crippen molar-refractivity contribution in [2.24, 2.45) is 5.92 Å². The molecule has 7 heteroatoms. The molecule has 2 heterocycles. The molecule has 1 aliphatic rings. The van der Waals surface area contributed by atoms with Crippen LogP contribution in [0.4, 0.5) is 4.39 Å². The summed E-state index contributed by atoms with van der Waals surface area (Å²) in [4.78, 5) is 31.1. The van der Waals surface area contributed by atoms with Crippen LogP contribution in [-0.2, 0) is 22.7 Å². The van der Waals surface area contributed by atoms with Crippen LogP contribution in [0.2, 0.25) is 0 Å².